The second kappa shape index (κ2) is 3.65. The van der Waals surface area contributed by atoms with Gasteiger partial charge in [0, 0.05) is 12.1 Å². The summed E-state index contributed by atoms with van der Waals surface area (Å²) in [7, 11) is 0. The normalized spacial score (nSPS) is 9.75. The number of nitrogens with one attached hydrogen (secondary N) is 1. The summed E-state index contributed by atoms with van der Waals surface area (Å²) in [4.78, 5) is 10.8. The first kappa shape index (κ1) is 9.17. The molecular weight excluding hydrogens is 275 g/mol. The Balaban J connectivity index is 2.80. The Kier molecular flexibility index (Phi) is 2.79. The number of aromatic hydroxyl groups is 2. The summed E-state index contributed by atoms with van der Waals surface area (Å²) in [5, 5.41) is 18.1. The first-order valence-electron chi connectivity index (χ1n) is 3.10. The number of hydrogen-bond acceptors (Lipinski definition) is 3. The van der Waals surface area contributed by atoms with Gasteiger partial charge in [0.05, 0.1) is 4.43 Å². The second-order valence-electron chi connectivity index (χ2n) is 2.05. The molecule has 1 amide bonds. The van der Waals surface area contributed by atoms with Crippen molar-refractivity contribution in [1.82, 2.24) is 4.68 Å². The minimum Gasteiger partial charge on any atom is -0.493 e. The van der Waals surface area contributed by atoms with Crippen LogP contribution in [-0.4, -0.2) is 25.2 Å². The highest BCUT2D eigenvalue weighted by Crippen LogP contribution is 2.18. The molecule has 66 valence electrons. The first-order chi connectivity index (χ1) is 5.65. The zero-order valence-electron chi connectivity index (χ0n) is 5.99. The molecule has 1 aromatic rings. The van der Waals surface area contributed by atoms with Gasteiger partial charge >= 0.3 is 0 Å². The molecule has 5 nitrogen and oxygen atoms in total. The van der Waals surface area contributed by atoms with Gasteiger partial charge in [0.25, 0.3) is 0 Å². The number of amides is 1. The fourth-order valence-corrected chi connectivity index (χ4v) is 0.855. The minimum absolute atomic E-state index is 0.203. The zero-order chi connectivity index (χ0) is 9.14. The molecule has 0 saturated heterocycles. The fraction of sp³-hybridized carbons (Fsp3) is 0.167. The van der Waals surface area contributed by atoms with Crippen molar-refractivity contribution in [3.05, 3.63) is 12.1 Å². The summed E-state index contributed by atoms with van der Waals surface area (Å²) < 4.78 is 1.16. The van der Waals surface area contributed by atoms with E-state index in [0.29, 0.717) is 0 Å². The molecule has 1 heterocycles. The second-order valence-corrected chi connectivity index (χ2v) is 2.82. The maximum Gasteiger partial charge on any atom is 0.248 e. The standard InChI is InChI=1S/C6H7IN2O3/c7-3-4(10)8-9-5(11)1-2-6(9)12/h1-2,11-12H,3H2,(H,8,10). The highest BCUT2D eigenvalue weighted by atomic mass is 127. The Morgan fingerprint density at radius 2 is 2.00 bits per heavy atom. The lowest BCUT2D eigenvalue weighted by Crippen LogP contribution is -2.22. The van der Waals surface area contributed by atoms with Gasteiger partial charge < -0.3 is 10.2 Å². The number of carbonyl (C=O) groups is 1. The van der Waals surface area contributed by atoms with Gasteiger partial charge in [-0.15, -0.1) is 0 Å². The number of halogens is 1. The van der Waals surface area contributed by atoms with Crippen LogP contribution in [0.3, 0.4) is 0 Å². The van der Waals surface area contributed by atoms with Crippen LogP contribution >= 0.6 is 22.6 Å². The molecule has 0 aliphatic carbocycles. The third kappa shape index (κ3) is 1.81. The van der Waals surface area contributed by atoms with Crippen molar-refractivity contribution >= 4 is 28.5 Å². The van der Waals surface area contributed by atoms with E-state index in [9.17, 15) is 4.79 Å². The molecular formula is C6H7IN2O3. The molecule has 1 rings (SSSR count). The van der Waals surface area contributed by atoms with Gasteiger partial charge in [-0.1, -0.05) is 22.6 Å². The van der Waals surface area contributed by atoms with Crippen LogP contribution in [0, 0.1) is 0 Å². The number of rotatable bonds is 2. The lowest BCUT2D eigenvalue weighted by atomic mass is 10.6. The molecule has 0 fully saturated rings. The van der Waals surface area contributed by atoms with E-state index in [0.717, 1.165) is 4.68 Å². The summed E-state index contributed by atoms with van der Waals surface area (Å²) >= 11 is 1.87. The molecule has 6 heteroatoms. The van der Waals surface area contributed by atoms with Gasteiger partial charge in [-0.2, -0.15) is 4.68 Å². The Morgan fingerprint density at radius 1 is 1.50 bits per heavy atom. The average Bonchev–Trinajstić information content (AvgIpc) is 2.35. The third-order valence-corrected chi connectivity index (χ3v) is 1.89. The Morgan fingerprint density at radius 3 is 2.42 bits per heavy atom. The predicted octanol–water partition coefficient (Wildman–Crippen LogP) is 0.404. The molecule has 0 atom stereocenters. The van der Waals surface area contributed by atoms with Gasteiger partial charge in [0.2, 0.25) is 17.7 Å². The summed E-state index contributed by atoms with van der Waals surface area (Å²) in [5.41, 5.74) is 2.28. The van der Waals surface area contributed by atoms with Crippen LogP contribution < -0.4 is 5.43 Å². The molecule has 0 aliphatic rings. The highest BCUT2D eigenvalue weighted by Gasteiger charge is 2.07. The van der Waals surface area contributed by atoms with E-state index >= 15 is 0 Å². The zero-order valence-corrected chi connectivity index (χ0v) is 8.15. The highest BCUT2D eigenvalue weighted by molar-refractivity contribution is 14.1. The maximum absolute atomic E-state index is 10.8. The van der Waals surface area contributed by atoms with Crippen molar-refractivity contribution in [2.75, 3.05) is 9.85 Å². The molecule has 0 radical (unpaired) electrons. The molecule has 0 saturated carbocycles. The van der Waals surface area contributed by atoms with Crippen molar-refractivity contribution < 1.29 is 15.0 Å². The topological polar surface area (TPSA) is 74.5 Å². The molecule has 0 unspecified atom stereocenters. The largest absolute Gasteiger partial charge is 0.493 e. The van der Waals surface area contributed by atoms with Crippen LogP contribution in [0.25, 0.3) is 0 Å². The summed E-state index contributed by atoms with van der Waals surface area (Å²) in [5.74, 6) is -0.700. The number of hydrogen-bond donors (Lipinski definition) is 3. The average molecular weight is 282 g/mol. The summed E-state index contributed by atoms with van der Waals surface area (Å²) in [6.45, 7) is 0. The van der Waals surface area contributed by atoms with Crippen LogP contribution in [0.2, 0.25) is 0 Å². The van der Waals surface area contributed by atoms with Crippen molar-refractivity contribution in [1.29, 1.82) is 0 Å². The quantitative estimate of drug-likeness (QED) is 0.543. The first-order valence-corrected chi connectivity index (χ1v) is 4.63. The fourth-order valence-electron chi connectivity index (χ4n) is 0.685. The van der Waals surface area contributed by atoms with Crippen LogP contribution in [0.4, 0.5) is 0 Å². The Bertz CT molecular complexity index is 277. The van der Waals surface area contributed by atoms with E-state index in [1.165, 1.54) is 12.1 Å². The Labute approximate surface area is 82.1 Å². The summed E-state index contributed by atoms with van der Waals surface area (Å²) in [6.07, 6.45) is 0. The van der Waals surface area contributed by atoms with Crippen LogP contribution in [0.1, 0.15) is 0 Å². The molecule has 0 aliphatic heterocycles. The van der Waals surface area contributed by atoms with Crippen LogP contribution in [0.5, 0.6) is 11.8 Å². The lowest BCUT2D eigenvalue weighted by molar-refractivity contribution is -0.114. The third-order valence-electron chi connectivity index (χ3n) is 1.20. The molecule has 0 spiro atoms. The van der Waals surface area contributed by atoms with E-state index in [-0.39, 0.29) is 22.1 Å². The molecule has 12 heavy (non-hydrogen) atoms. The molecule has 1 aromatic heterocycles. The van der Waals surface area contributed by atoms with E-state index in [2.05, 4.69) is 5.43 Å². The van der Waals surface area contributed by atoms with Crippen molar-refractivity contribution in [3.63, 3.8) is 0 Å². The molecule has 3 N–H and O–H groups in total. The van der Waals surface area contributed by atoms with Crippen molar-refractivity contribution in [2.24, 2.45) is 0 Å². The van der Waals surface area contributed by atoms with Gasteiger partial charge in [-0.3, -0.25) is 10.2 Å². The van der Waals surface area contributed by atoms with Crippen molar-refractivity contribution in [2.45, 2.75) is 0 Å². The summed E-state index contributed by atoms with van der Waals surface area (Å²) in [6, 6.07) is 2.56. The molecule has 0 aromatic carbocycles. The van der Waals surface area contributed by atoms with Crippen molar-refractivity contribution in [3.8, 4) is 11.8 Å². The maximum atomic E-state index is 10.8. The SMILES string of the molecule is O=C(CI)Nn1c(O)ccc1O. The number of carbonyl (C=O) groups excluding carboxylic acids is 1. The number of alkyl halides is 1. The Hall–Kier alpha value is -0.920. The van der Waals surface area contributed by atoms with Crippen LogP contribution in [0.15, 0.2) is 12.1 Å². The van der Waals surface area contributed by atoms with Gasteiger partial charge in [0.15, 0.2) is 0 Å². The van der Waals surface area contributed by atoms with Crippen LogP contribution in [-0.2, 0) is 4.79 Å². The predicted molar refractivity (Wildman–Crippen MR) is 51.0 cm³/mol. The van der Waals surface area contributed by atoms with Gasteiger partial charge in [-0.25, -0.2) is 0 Å². The number of nitrogens with zero attached hydrogens (tertiary/aromatic N) is 1. The van der Waals surface area contributed by atoms with E-state index in [4.69, 9.17) is 10.2 Å². The molecule has 0 bridgehead atoms. The van der Waals surface area contributed by atoms with Gasteiger partial charge in [0.1, 0.15) is 0 Å². The number of aromatic nitrogens is 1. The smallest absolute Gasteiger partial charge is 0.248 e. The van der Waals surface area contributed by atoms with Gasteiger partial charge in [-0.05, 0) is 0 Å². The van der Waals surface area contributed by atoms with E-state index < -0.39 is 0 Å². The van der Waals surface area contributed by atoms with E-state index in [1.807, 2.05) is 22.6 Å². The monoisotopic (exact) mass is 282 g/mol. The van der Waals surface area contributed by atoms with E-state index in [1.54, 1.807) is 0 Å². The lowest BCUT2D eigenvalue weighted by Gasteiger charge is -2.06. The minimum atomic E-state index is -0.294.